The molecular weight excluding hydrogens is 322 g/mol. The lowest BCUT2D eigenvalue weighted by atomic mass is 9.99. The molecule has 26 heavy (non-hydrogen) atoms. The lowest BCUT2D eigenvalue weighted by molar-refractivity contribution is 0.0975. The number of nitrogens with zero attached hydrogens (tertiary/aromatic N) is 1. The summed E-state index contributed by atoms with van der Waals surface area (Å²) >= 11 is 0. The van der Waals surface area contributed by atoms with Crippen LogP contribution in [0.2, 0.25) is 0 Å². The average Bonchev–Trinajstić information content (AvgIpc) is 2.69. The molecule has 3 nitrogen and oxygen atoms in total. The van der Waals surface area contributed by atoms with Crippen LogP contribution in [0.25, 0.3) is 5.57 Å². The number of aryl methyl sites for hydroxylation is 1. The molecule has 0 bridgehead atoms. The Bertz CT molecular complexity index is 760. The Morgan fingerprint density at radius 1 is 1.08 bits per heavy atom. The van der Waals surface area contributed by atoms with E-state index >= 15 is 0 Å². The number of ether oxygens (including phenoxy) is 1. The van der Waals surface area contributed by atoms with E-state index in [-0.39, 0.29) is 5.78 Å². The summed E-state index contributed by atoms with van der Waals surface area (Å²) in [5.41, 5.74) is 4.70. The molecule has 0 saturated carbocycles. The topological polar surface area (TPSA) is 29.5 Å². The van der Waals surface area contributed by atoms with Crippen molar-refractivity contribution in [3.63, 3.8) is 0 Å². The van der Waals surface area contributed by atoms with Crippen molar-refractivity contribution in [1.82, 2.24) is 4.90 Å². The van der Waals surface area contributed by atoms with E-state index in [9.17, 15) is 4.79 Å². The highest BCUT2D eigenvalue weighted by molar-refractivity contribution is 5.96. The summed E-state index contributed by atoms with van der Waals surface area (Å²) in [4.78, 5) is 14.7. The fourth-order valence-corrected chi connectivity index (χ4v) is 3.33. The van der Waals surface area contributed by atoms with Gasteiger partial charge < -0.3 is 4.74 Å². The Morgan fingerprint density at radius 2 is 1.81 bits per heavy atom. The van der Waals surface area contributed by atoms with Gasteiger partial charge in [-0.2, -0.15) is 0 Å². The minimum atomic E-state index is 0.247. The van der Waals surface area contributed by atoms with E-state index in [2.05, 4.69) is 23.1 Å². The molecule has 0 N–H and O–H groups in total. The largest absolute Gasteiger partial charge is 0.497 e. The number of carbonyl (C=O) groups is 1. The minimum Gasteiger partial charge on any atom is -0.497 e. The maximum atomic E-state index is 12.2. The first-order valence-electron chi connectivity index (χ1n) is 9.31. The van der Waals surface area contributed by atoms with E-state index in [0.29, 0.717) is 6.42 Å². The number of Topliss-reactive ketones (excluding diaryl/α,β-unsaturated/α-hetero) is 1. The summed E-state index contributed by atoms with van der Waals surface area (Å²) in [5, 5.41) is 0. The molecule has 3 rings (SSSR count). The van der Waals surface area contributed by atoms with Gasteiger partial charge in [-0.3, -0.25) is 9.69 Å². The fourth-order valence-electron chi connectivity index (χ4n) is 3.33. The van der Waals surface area contributed by atoms with Crippen molar-refractivity contribution in [2.24, 2.45) is 0 Å². The molecule has 0 atom stereocenters. The molecule has 2 aromatic rings. The lowest BCUT2D eigenvalue weighted by Crippen LogP contribution is -2.29. The highest BCUT2D eigenvalue weighted by atomic mass is 16.5. The normalized spacial score (nSPS) is 14.8. The molecule has 0 fully saturated rings. The van der Waals surface area contributed by atoms with Gasteiger partial charge in [0.25, 0.3) is 0 Å². The van der Waals surface area contributed by atoms with Crippen LogP contribution in [-0.2, 0) is 0 Å². The molecular formula is C23H27NO2. The van der Waals surface area contributed by atoms with Gasteiger partial charge in [-0.25, -0.2) is 0 Å². The molecule has 0 aliphatic carbocycles. The lowest BCUT2D eigenvalue weighted by Gasteiger charge is -2.26. The quantitative estimate of drug-likeness (QED) is 0.675. The van der Waals surface area contributed by atoms with Gasteiger partial charge in [-0.05, 0) is 49.6 Å². The van der Waals surface area contributed by atoms with Crippen molar-refractivity contribution >= 4 is 11.4 Å². The van der Waals surface area contributed by atoms with Crippen LogP contribution in [0.15, 0.2) is 54.6 Å². The van der Waals surface area contributed by atoms with Gasteiger partial charge >= 0.3 is 0 Å². The Labute approximate surface area is 156 Å². The molecule has 0 unspecified atom stereocenters. The first-order valence-corrected chi connectivity index (χ1v) is 9.31. The second-order valence-electron chi connectivity index (χ2n) is 6.90. The van der Waals surface area contributed by atoms with Crippen LogP contribution in [0.1, 0.15) is 40.7 Å². The van der Waals surface area contributed by atoms with Crippen LogP contribution in [0.5, 0.6) is 5.75 Å². The molecule has 1 aliphatic heterocycles. The molecule has 0 saturated heterocycles. The summed E-state index contributed by atoms with van der Waals surface area (Å²) in [6.07, 6.45) is 4.90. The smallest absolute Gasteiger partial charge is 0.162 e. The number of methoxy groups -OCH3 is 1. The highest BCUT2D eigenvalue weighted by Crippen LogP contribution is 2.24. The minimum absolute atomic E-state index is 0.247. The van der Waals surface area contributed by atoms with Gasteiger partial charge in [0.15, 0.2) is 5.78 Å². The average molecular weight is 349 g/mol. The van der Waals surface area contributed by atoms with Crippen molar-refractivity contribution in [2.45, 2.75) is 26.2 Å². The monoisotopic (exact) mass is 349 g/mol. The molecule has 1 aliphatic rings. The Morgan fingerprint density at radius 3 is 2.42 bits per heavy atom. The Kier molecular flexibility index (Phi) is 6.24. The van der Waals surface area contributed by atoms with Crippen molar-refractivity contribution in [1.29, 1.82) is 0 Å². The molecule has 136 valence electrons. The van der Waals surface area contributed by atoms with Crippen molar-refractivity contribution < 1.29 is 9.53 Å². The summed E-state index contributed by atoms with van der Waals surface area (Å²) < 4.78 is 5.22. The molecule has 0 aromatic heterocycles. The number of ketones is 1. The van der Waals surface area contributed by atoms with Crippen LogP contribution in [0, 0.1) is 6.92 Å². The summed E-state index contributed by atoms with van der Waals surface area (Å²) in [5.74, 6) is 1.14. The molecule has 0 amide bonds. The second kappa shape index (κ2) is 8.81. The van der Waals surface area contributed by atoms with Gasteiger partial charge in [0.2, 0.25) is 0 Å². The zero-order chi connectivity index (χ0) is 18.4. The maximum absolute atomic E-state index is 12.2. The van der Waals surface area contributed by atoms with Crippen molar-refractivity contribution in [2.75, 3.05) is 26.7 Å². The van der Waals surface area contributed by atoms with Gasteiger partial charge in [0.1, 0.15) is 5.75 Å². The van der Waals surface area contributed by atoms with E-state index in [1.807, 2.05) is 43.3 Å². The van der Waals surface area contributed by atoms with E-state index in [1.165, 1.54) is 16.7 Å². The van der Waals surface area contributed by atoms with E-state index in [0.717, 1.165) is 43.8 Å². The van der Waals surface area contributed by atoms with Gasteiger partial charge in [-0.15, -0.1) is 0 Å². The van der Waals surface area contributed by atoms with Crippen LogP contribution >= 0.6 is 0 Å². The maximum Gasteiger partial charge on any atom is 0.162 e. The summed E-state index contributed by atoms with van der Waals surface area (Å²) in [6, 6.07) is 16.1. The van der Waals surface area contributed by atoms with E-state index in [4.69, 9.17) is 4.74 Å². The number of hydrogen-bond donors (Lipinski definition) is 0. The molecule has 3 heteroatoms. The standard InChI is InChI=1S/C23H27NO2/c1-18-5-7-21(8-6-18)23(25)4-3-15-24-16-13-20(14-17-24)19-9-11-22(26-2)12-10-19/h5-13H,3-4,14-17H2,1-2H3. The van der Waals surface area contributed by atoms with Crippen LogP contribution in [-0.4, -0.2) is 37.4 Å². The van der Waals surface area contributed by atoms with E-state index < -0.39 is 0 Å². The van der Waals surface area contributed by atoms with Gasteiger partial charge in [0.05, 0.1) is 7.11 Å². The number of hydrogen-bond acceptors (Lipinski definition) is 3. The fraction of sp³-hybridized carbons (Fsp3) is 0.348. The molecule has 1 heterocycles. The number of benzene rings is 2. The van der Waals surface area contributed by atoms with Crippen molar-refractivity contribution in [3.8, 4) is 5.75 Å². The van der Waals surface area contributed by atoms with Gasteiger partial charge in [0, 0.05) is 25.1 Å². The van der Waals surface area contributed by atoms with Crippen molar-refractivity contribution in [3.05, 3.63) is 71.3 Å². The molecule has 0 radical (unpaired) electrons. The van der Waals surface area contributed by atoms with Gasteiger partial charge in [-0.1, -0.05) is 48.0 Å². The number of rotatable bonds is 7. The second-order valence-corrected chi connectivity index (χ2v) is 6.90. The SMILES string of the molecule is COc1ccc(C2=CCN(CCCC(=O)c3ccc(C)cc3)CC2)cc1. The van der Waals surface area contributed by atoms with E-state index in [1.54, 1.807) is 7.11 Å². The van der Waals surface area contributed by atoms with Crippen LogP contribution < -0.4 is 4.74 Å². The molecule has 2 aromatic carbocycles. The third-order valence-electron chi connectivity index (χ3n) is 5.01. The highest BCUT2D eigenvalue weighted by Gasteiger charge is 2.13. The predicted molar refractivity (Wildman–Crippen MR) is 107 cm³/mol. The molecule has 0 spiro atoms. The summed E-state index contributed by atoms with van der Waals surface area (Å²) in [6.45, 7) is 5.03. The zero-order valence-corrected chi connectivity index (χ0v) is 15.7. The number of carbonyl (C=O) groups excluding carboxylic acids is 1. The zero-order valence-electron chi connectivity index (χ0n) is 15.7. The summed E-state index contributed by atoms with van der Waals surface area (Å²) in [7, 11) is 1.69. The third-order valence-corrected chi connectivity index (χ3v) is 5.01. The van der Waals surface area contributed by atoms with Crippen LogP contribution in [0.4, 0.5) is 0 Å². The first-order chi connectivity index (χ1) is 12.7. The van der Waals surface area contributed by atoms with Crippen LogP contribution in [0.3, 0.4) is 0 Å². The Balaban J connectivity index is 1.45. The predicted octanol–water partition coefficient (Wildman–Crippen LogP) is 4.76. The third kappa shape index (κ3) is 4.83. The Hall–Kier alpha value is -2.39. The first kappa shape index (κ1) is 18.4.